The van der Waals surface area contributed by atoms with Crippen LogP contribution in [0, 0.1) is 0 Å². The second kappa shape index (κ2) is 6.47. The molecule has 1 aromatic rings. The van der Waals surface area contributed by atoms with Crippen molar-refractivity contribution in [1.82, 2.24) is 9.62 Å². The highest BCUT2D eigenvalue weighted by Crippen LogP contribution is 2.17. The van der Waals surface area contributed by atoms with E-state index in [0.29, 0.717) is 6.54 Å². The van der Waals surface area contributed by atoms with Crippen molar-refractivity contribution in [2.24, 2.45) is 0 Å². The molecular weight excluding hydrogens is 264 g/mol. The topological polar surface area (TPSA) is 69.6 Å². The number of aliphatic hydroxyl groups is 1. The molecule has 0 amide bonds. The average molecular weight is 284 g/mol. The fourth-order valence-electron chi connectivity index (χ4n) is 2.32. The molecule has 1 atom stereocenters. The number of nitrogens with zero attached hydrogens (tertiary/aromatic N) is 1. The summed E-state index contributed by atoms with van der Waals surface area (Å²) in [5, 5.41) is 12.4. The number of rotatable bonds is 6. The first-order valence-electron chi connectivity index (χ1n) is 6.54. The molecule has 5 nitrogen and oxygen atoms in total. The van der Waals surface area contributed by atoms with Crippen molar-refractivity contribution in [1.29, 1.82) is 0 Å². The summed E-state index contributed by atoms with van der Waals surface area (Å²) in [4.78, 5) is 0.279. The molecule has 0 spiro atoms. The molecular formula is C13H20N2O3S. The van der Waals surface area contributed by atoms with Crippen molar-refractivity contribution in [2.75, 3.05) is 26.2 Å². The molecule has 1 aromatic carbocycles. The predicted molar refractivity (Wildman–Crippen MR) is 73.3 cm³/mol. The second-order valence-corrected chi connectivity index (χ2v) is 6.63. The van der Waals surface area contributed by atoms with Crippen LogP contribution in [-0.4, -0.2) is 50.1 Å². The molecule has 1 fully saturated rings. The minimum absolute atomic E-state index is 0.134. The third-order valence-corrected chi connectivity index (χ3v) is 5.20. The van der Waals surface area contributed by atoms with Gasteiger partial charge in [0.2, 0.25) is 10.0 Å². The highest BCUT2D eigenvalue weighted by Gasteiger charge is 2.27. The first kappa shape index (κ1) is 14.5. The van der Waals surface area contributed by atoms with E-state index in [4.69, 9.17) is 5.11 Å². The van der Waals surface area contributed by atoms with Crippen molar-refractivity contribution >= 4 is 10.0 Å². The summed E-state index contributed by atoms with van der Waals surface area (Å²) in [6.45, 7) is 1.31. The monoisotopic (exact) mass is 284 g/mol. The zero-order valence-corrected chi connectivity index (χ0v) is 11.6. The lowest BCUT2D eigenvalue weighted by Gasteiger charge is -2.24. The SMILES string of the molecule is O=S(=O)(c1ccccc1)N(CCO)CC1CCCN1. The summed E-state index contributed by atoms with van der Waals surface area (Å²) >= 11 is 0. The maximum atomic E-state index is 12.5. The Labute approximate surface area is 114 Å². The predicted octanol–water partition coefficient (Wildman–Crippen LogP) is 0.422. The lowest BCUT2D eigenvalue weighted by molar-refractivity contribution is 0.246. The standard InChI is InChI=1S/C13H20N2O3S/c16-10-9-15(11-12-5-4-8-14-12)19(17,18)13-6-2-1-3-7-13/h1-3,6-7,12,14,16H,4-5,8-11H2. The Balaban J connectivity index is 2.17. The number of nitrogens with one attached hydrogen (secondary N) is 1. The summed E-state index contributed by atoms with van der Waals surface area (Å²) in [5.41, 5.74) is 0. The maximum absolute atomic E-state index is 12.5. The van der Waals surface area contributed by atoms with Gasteiger partial charge in [-0.1, -0.05) is 18.2 Å². The Hall–Kier alpha value is -0.950. The van der Waals surface area contributed by atoms with Crippen LogP contribution in [0.5, 0.6) is 0 Å². The zero-order chi connectivity index (χ0) is 13.7. The Morgan fingerprint density at radius 1 is 1.32 bits per heavy atom. The van der Waals surface area contributed by atoms with E-state index in [1.807, 2.05) is 0 Å². The van der Waals surface area contributed by atoms with E-state index in [1.165, 1.54) is 4.31 Å². The summed E-state index contributed by atoms with van der Waals surface area (Å²) in [5.74, 6) is 0. The molecule has 6 heteroatoms. The second-order valence-electron chi connectivity index (χ2n) is 4.69. The van der Waals surface area contributed by atoms with Gasteiger partial charge in [-0.2, -0.15) is 4.31 Å². The van der Waals surface area contributed by atoms with Crippen LogP contribution in [0.3, 0.4) is 0 Å². The quantitative estimate of drug-likeness (QED) is 0.794. The van der Waals surface area contributed by atoms with E-state index in [-0.39, 0.29) is 24.1 Å². The fraction of sp³-hybridized carbons (Fsp3) is 0.538. The first-order chi connectivity index (χ1) is 9.14. The Kier molecular flexibility index (Phi) is 4.93. The molecule has 2 N–H and O–H groups in total. The van der Waals surface area contributed by atoms with E-state index >= 15 is 0 Å². The highest BCUT2D eigenvalue weighted by atomic mass is 32.2. The Bertz CT molecular complexity index is 484. The van der Waals surface area contributed by atoms with E-state index < -0.39 is 10.0 Å². The van der Waals surface area contributed by atoms with Crippen LogP contribution in [0.1, 0.15) is 12.8 Å². The van der Waals surface area contributed by atoms with Crippen molar-refractivity contribution < 1.29 is 13.5 Å². The van der Waals surface area contributed by atoms with Gasteiger partial charge >= 0.3 is 0 Å². The van der Waals surface area contributed by atoms with Crippen LogP contribution in [0.4, 0.5) is 0 Å². The van der Waals surface area contributed by atoms with Gasteiger partial charge in [0.05, 0.1) is 11.5 Å². The van der Waals surface area contributed by atoms with E-state index in [9.17, 15) is 8.42 Å². The minimum atomic E-state index is -3.52. The molecule has 0 aromatic heterocycles. The molecule has 1 saturated heterocycles. The molecule has 0 bridgehead atoms. The third-order valence-electron chi connectivity index (χ3n) is 3.32. The molecule has 0 radical (unpaired) electrons. The van der Waals surface area contributed by atoms with Gasteiger partial charge in [0.1, 0.15) is 0 Å². The van der Waals surface area contributed by atoms with Crippen LogP contribution in [0.25, 0.3) is 0 Å². The van der Waals surface area contributed by atoms with Gasteiger partial charge in [-0.3, -0.25) is 0 Å². The first-order valence-corrected chi connectivity index (χ1v) is 7.98. The number of sulfonamides is 1. The lowest BCUT2D eigenvalue weighted by atomic mass is 10.2. The van der Waals surface area contributed by atoms with Crippen LogP contribution in [-0.2, 0) is 10.0 Å². The molecule has 0 saturated carbocycles. The third kappa shape index (κ3) is 3.54. The minimum Gasteiger partial charge on any atom is -0.395 e. The van der Waals surface area contributed by atoms with Crippen LogP contribution in [0.15, 0.2) is 35.2 Å². The summed E-state index contributed by atoms with van der Waals surface area (Å²) < 4.78 is 26.4. The van der Waals surface area contributed by atoms with Crippen molar-refractivity contribution in [2.45, 2.75) is 23.8 Å². The molecule has 1 unspecified atom stereocenters. The van der Waals surface area contributed by atoms with Gasteiger partial charge in [-0.25, -0.2) is 8.42 Å². The zero-order valence-electron chi connectivity index (χ0n) is 10.8. The maximum Gasteiger partial charge on any atom is 0.243 e. The Morgan fingerprint density at radius 2 is 2.05 bits per heavy atom. The van der Waals surface area contributed by atoms with Gasteiger partial charge in [0.15, 0.2) is 0 Å². The normalized spacial score (nSPS) is 20.0. The van der Waals surface area contributed by atoms with E-state index in [0.717, 1.165) is 19.4 Å². The van der Waals surface area contributed by atoms with Crippen LogP contribution < -0.4 is 5.32 Å². The van der Waals surface area contributed by atoms with Crippen LogP contribution in [0.2, 0.25) is 0 Å². The van der Waals surface area contributed by atoms with Crippen molar-refractivity contribution in [3.8, 4) is 0 Å². The van der Waals surface area contributed by atoms with E-state index in [1.54, 1.807) is 30.3 Å². The molecule has 1 heterocycles. The van der Waals surface area contributed by atoms with Gasteiger partial charge in [0, 0.05) is 19.1 Å². The fourth-order valence-corrected chi connectivity index (χ4v) is 3.82. The number of aliphatic hydroxyl groups excluding tert-OH is 1. The molecule has 1 aliphatic heterocycles. The molecule has 106 valence electrons. The smallest absolute Gasteiger partial charge is 0.243 e. The largest absolute Gasteiger partial charge is 0.395 e. The molecule has 19 heavy (non-hydrogen) atoms. The highest BCUT2D eigenvalue weighted by molar-refractivity contribution is 7.89. The lowest BCUT2D eigenvalue weighted by Crippen LogP contribution is -2.42. The number of benzene rings is 1. The summed E-state index contributed by atoms with van der Waals surface area (Å²) in [6, 6.07) is 8.55. The molecule has 2 rings (SSSR count). The Morgan fingerprint density at radius 3 is 2.63 bits per heavy atom. The van der Waals surface area contributed by atoms with Crippen LogP contribution >= 0.6 is 0 Å². The summed E-state index contributed by atoms with van der Waals surface area (Å²) in [7, 11) is -3.52. The van der Waals surface area contributed by atoms with Gasteiger partial charge in [-0.15, -0.1) is 0 Å². The summed E-state index contributed by atoms with van der Waals surface area (Å²) in [6.07, 6.45) is 2.05. The van der Waals surface area contributed by atoms with E-state index in [2.05, 4.69) is 5.32 Å². The molecule has 0 aliphatic carbocycles. The molecule has 1 aliphatic rings. The van der Waals surface area contributed by atoms with Crippen molar-refractivity contribution in [3.05, 3.63) is 30.3 Å². The van der Waals surface area contributed by atoms with Gasteiger partial charge in [-0.05, 0) is 31.5 Å². The van der Waals surface area contributed by atoms with Gasteiger partial charge < -0.3 is 10.4 Å². The van der Waals surface area contributed by atoms with Gasteiger partial charge in [0.25, 0.3) is 0 Å². The van der Waals surface area contributed by atoms with Crippen molar-refractivity contribution in [3.63, 3.8) is 0 Å². The number of hydrogen-bond donors (Lipinski definition) is 2. The number of hydrogen-bond acceptors (Lipinski definition) is 4. The average Bonchev–Trinajstić information content (AvgIpc) is 2.92.